The van der Waals surface area contributed by atoms with Crippen LogP contribution in [0.3, 0.4) is 0 Å². The summed E-state index contributed by atoms with van der Waals surface area (Å²) in [5, 5.41) is 9.63. The zero-order valence-corrected chi connectivity index (χ0v) is 8.47. The lowest BCUT2D eigenvalue weighted by Gasteiger charge is -1.95. The Kier molecular flexibility index (Phi) is 2.21. The maximum Gasteiger partial charge on any atom is 0.307 e. The van der Waals surface area contributed by atoms with Crippen molar-refractivity contribution >= 4 is 27.5 Å². The number of aliphatic carboxylic acids is 1. The van der Waals surface area contributed by atoms with E-state index in [-0.39, 0.29) is 6.42 Å². The Labute approximate surface area is 85.0 Å². The molecule has 0 spiro atoms. The largest absolute Gasteiger partial charge is 0.481 e. The van der Waals surface area contributed by atoms with E-state index >= 15 is 0 Å². The number of aromatic nitrogens is 1. The number of aryl methyl sites for hydroxylation is 1. The van der Waals surface area contributed by atoms with E-state index in [4.69, 9.17) is 5.11 Å². The number of carboxylic acid groups (broad SMARTS) is 1. The third kappa shape index (κ3) is 1.75. The highest BCUT2D eigenvalue weighted by Gasteiger charge is 2.04. The van der Waals surface area contributed by atoms with Gasteiger partial charge < -0.3 is 5.11 Å². The molecule has 0 unspecified atom stereocenters. The predicted molar refractivity (Wildman–Crippen MR) is 55.7 cm³/mol. The van der Waals surface area contributed by atoms with Crippen LogP contribution in [0.1, 0.15) is 10.6 Å². The molecule has 0 saturated carbocycles. The minimum absolute atomic E-state index is 0.0620. The standard InChI is InChI=1S/C10H9NO2S/c1-6-11-8-4-7(5-10(12)13)2-3-9(8)14-6/h2-4H,5H2,1H3,(H,12,13). The molecule has 1 aromatic carbocycles. The lowest BCUT2D eigenvalue weighted by atomic mass is 10.1. The molecule has 72 valence electrons. The average molecular weight is 207 g/mol. The number of hydrogen-bond acceptors (Lipinski definition) is 3. The molecule has 1 aromatic heterocycles. The number of fused-ring (bicyclic) bond motifs is 1. The van der Waals surface area contributed by atoms with Crippen molar-refractivity contribution in [3.05, 3.63) is 28.8 Å². The first-order chi connectivity index (χ1) is 6.65. The van der Waals surface area contributed by atoms with Crippen LogP contribution in [-0.4, -0.2) is 16.1 Å². The van der Waals surface area contributed by atoms with E-state index in [2.05, 4.69) is 4.98 Å². The van der Waals surface area contributed by atoms with Gasteiger partial charge in [-0.1, -0.05) is 6.07 Å². The van der Waals surface area contributed by atoms with E-state index in [0.717, 1.165) is 20.8 Å². The molecule has 0 aliphatic carbocycles. The highest BCUT2D eigenvalue weighted by molar-refractivity contribution is 7.18. The van der Waals surface area contributed by atoms with Gasteiger partial charge in [0.1, 0.15) is 0 Å². The van der Waals surface area contributed by atoms with Gasteiger partial charge in [0.2, 0.25) is 0 Å². The fraction of sp³-hybridized carbons (Fsp3) is 0.200. The highest BCUT2D eigenvalue weighted by atomic mass is 32.1. The molecule has 0 bridgehead atoms. The topological polar surface area (TPSA) is 50.2 Å². The molecule has 2 aromatic rings. The highest BCUT2D eigenvalue weighted by Crippen LogP contribution is 2.22. The Hall–Kier alpha value is -1.42. The monoisotopic (exact) mass is 207 g/mol. The molecule has 0 radical (unpaired) electrons. The molecule has 0 saturated heterocycles. The second kappa shape index (κ2) is 3.38. The van der Waals surface area contributed by atoms with Crippen molar-refractivity contribution < 1.29 is 9.90 Å². The summed E-state index contributed by atoms with van der Waals surface area (Å²) in [4.78, 5) is 14.8. The van der Waals surface area contributed by atoms with Gasteiger partial charge in [-0.2, -0.15) is 0 Å². The summed E-state index contributed by atoms with van der Waals surface area (Å²) in [5.41, 5.74) is 1.70. The summed E-state index contributed by atoms with van der Waals surface area (Å²) in [6.07, 6.45) is 0.0620. The summed E-state index contributed by atoms with van der Waals surface area (Å²) in [7, 11) is 0. The van der Waals surface area contributed by atoms with Crippen LogP contribution < -0.4 is 0 Å². The van der Waals surface area contributed by atoms with Gasteiger partial charge in [0, 0.05) is 0 Å². The molecule has 1 heterocycles. The van der Waals surface area contributed by atoms with Gasteiger partial charge in [-0.15, -0.1) is 11.3 Å². The second-order valence-corrected chi connectivity index (χ2v) is 4.34. The van der Waals surface area contributed by atoms with Crippen LogP contribution in [0.5, 0.6) is 0 Å². The van der Waals surface area contributed by atoms with Gasteiger partial charge in [0.25, 0.3) is 0 Å². The molecule has 0 amide bonds. The van der Waals surface area contributed by atoms with Crippen LogP contribution >= 0.6 is 11.3 Å². The van der Waals surface area contributed by atoms with Gasteiger partial charge in [-0.05, 0) is 24.6 Å². The molecule has 0 atom stereocenters. The van der Waals surface area contributed by atoms with Gasteiger partial charge in [0.05, 0.1) is 21.6 Å². The minimum Gasteiger partial charge on any atom is -0.481 e. The van der Waals surface area contributed by atoms with E-state index in [0.29, 0.717) is 0 Å². The first-order valence-corrected chi connectivity index (χ1v) is 5.04. The van der Waals surface area contributed by atoms with Crippen molar-refractivity contribution in [3.8, 4) is 0 Å². The van der Waals surface area contributed by atoms with Crippen LogP contribution in [0.4, 0.5) is 0 Å². The van der Waals surface area contributed by atoms with Crippen molar-refractivity contribution in [2.75, 3.05) is 0 Å². The van der Waals surface area contributed by atoms with Crippen LogP contribution in [0.25, 0.3) is 10.2 Å². The third-order valence-corrected chi connectivity index (χ3v) is 2.87. The quantitative estimate of drug-likeness (QED) is 0.821. The smallest absolute Gasteiger partial charge is 0.307 e. The van der Waals surface area contributed by atoms with Crippen molar-refractivity contribution in [2.24, 2.45) is 0 Å². The Bertz CT molecular complexity index is 490. The fourth-order valence-corrected chi connectivity index (χ4v) is 2.18. The zero-order chi connectivity index (χ0) is 10.1. The van der Waals surface area contributed by atoms with E-state index in [9.17, 15) is 4.79 Å². The normalized spacial score (nSPS) is 10.6. The lowest BCUT2D eigenvalue weighted by molar-refractivity contribution is -0.136. The summed E-state index contributed by atoms with van der Waals surface area (Å²) in [5.74, 6) is -0.809. The number of thiazole rings is 1. The Morgan fingerprint density at radius 1 is 1.57 bits per heavy atom. The maximum atomic E-state index is 10.5. The molecule has 1 N–H and O–H groups in total. The molecule has 14 heavy (non-hydrogen) atoms. The van der Waals surface area contributed by atoms with Gasteiger partial charge >= 0.3 is 5.97 Å². The summed E-state index contributed by atoms with van der Waals surface area (Å²) >= 11 is 1.62. The Balaban J connectivity index is 2.45. The first kappa shape index (κ1) is 9.15. The summed E-state index contributed by atoms with van der Waals surface area (Å²) < 4.78 is 1.11. The van der Waals surface area contributed by atoms with E-state index < -0.39 is 5.97 Å². The summed E-state index contributed by atoms with van der Waals surface area (Å²) in [6, 6.07) is 5.61. The second-order valence-electron chi connectivity index (χ2n) is 3.11. The molecule has 0 fully saturated rings. The van der Waals surface area contributed by atoms with Gasteiger partial charge in [-0.3, -0.25) is 4.79 Å². The Morgan fingerprint density at radius 2 is 2.36 bits per heavy atom. The van der Waals surface area contributed by atoms with E-state index in [1.54, 1.807) is 11.3 Å². The van der Waals surface area contributed by atoms with Crippen LogP contribution in [0.15, 0.2) is 18.2 Å². The predicted octanol–water partition coefficient (Wildman–Crippen LogP) is 2.23. The maximum absolute atomic E-state index is 10.5. The van der Waals surface area contributed by atoms with Crippen LogP contribution in [-0.2, 0) is 11.2 Å². The Morgan fingerprint density at radius 3 is 3.07 bits per heavy atom. The lowest BCUT2D eigenvalue weighted by Crippen LogP contribution is -1.99. The van der Waals surface area contributed by atoms with Crippen molar-refractivity contribution in [3.63, 3.8) is 0 Å². The third-order valence-electron chi connectivity index (χ3n) is 1.91. The van der Waals surface area contributed by atoms with Crippen LogP contribution in [0, 0.1) is 6.92 Å². The zero-order valence-electron chi connectivity index (χ0n) is 7.65. The van der Waals surface area contributed by atoms with Crippen molar-refractivity contribution in [2.45, 2.75) is 13.3 Å². The molecular weight excluding hydrogens is 198 g/mol. The van der Waals surface area contributed by atoms with Crippen molar-refractivity contribution in [1.29, 1.82) is 0 Å². The van der Waals surface area contributed by atoms with E-state index in [1.807, 2.05) is 25.1 Å². The van der Waals surface area contributed by atoms with Crippen LogP contribution in [0.2, 0.25) is 0 Å². The van der Waals surface area contributed by atoms with Crippen molar-refractivity contribution in [1.82, 2.24) is 4.98 Å². The number of carboxylic acids is 1. The van der Waals surface area contributed by atoms with Gasteiger partial charge in [0.15, 0.2) is 0 Å². The van der Waals surface area contributed by atoms with Gasteiger partial charge in [-0.25, -0.2) is 4.98 Å². The number of rotatable bonds is 2. The minimum atomic E-state index is -0.809. The number of nitrogens with zero attached hydrogens (tertiary/aromatic N) is 1. The molecule has 0 aliphatic heterocycles. The summed E-state index contributed by atoms with van der Waals surface area (Å²) in [6.45, 7) is 1.95. The molecular formula is C10H9NO2S. The fourth-order valence-electron chi connectivity index (χ4n) is 1.37. The SMILES string of the molecule is Cc1nc2cc(CC(=O)O)ccc2s1. The molecule has 3 nitrogen and oxygen atoms in total. The molecule has 0 aliphatic rings. The molecule has 4 heteroatoms. The van der Waals surface area contributed by atoms with E-state index in [1.165, 1.54) is 0 Å². The average Bonchev–Trinajstić information content (AvgIpc) is 2.42. The number of benzene rings is 1. The molecule has 2 rings (SSSR count). The number of hydrogen-bond donors (Lipinski definition) is 1. The first-order valence-electron chi connectivity index (χ1n) is 4.23. The number of carbonyl (C=O) groups is 1.